The summed E-state index contributed by atoms with van der Waals surface area (Å²) in [5.41, 5.74) is 1.09. The van der Waals surface area contributed by atoms with Crippen LogP contribution in [0.2, 0.25) is 0 Å². The van der Waals surface area contributed by atoms with Crippen LogP contribution in [-0.4, -0.2) is 25.7 Å². The lowest BCUT2D eigenvalue weighted by molar-refractivity contribution is -0.121. The number of nitrogens with one attached hydrogen (secondary N) is 1. The van der Waals surface area contributed by atoms with Gasteiger partial charge in [-0.1, -0.05) is 30.3 Å². The van der Waals surface area contributed by atoms with Gasteiger partial charge in [0.15, 0.2) is 0 Å². The average molecular weight is 190 g/mol. The first-order valence-corrected chi connectivity index (χ1v) is 4.49. The van der Waals surface area contributed by atoms with E-state index in [1.807, 2.05) is 30.3 Å². The molecule has 0 aliphatic heterocycles. The molecule has 1 rings (SSSR count). The van der Waals surface area contributed by atoms with E-state index in [1.165, 1.54) is 0 Å². The van der Waals surface area contributed by atoms with Gasteiger partial charge in [0.2, 0.25) is 5.91 Å². The minimum atomic E-state index is -0.387. The molecule has 14 heavy (non-hydrogen) atoms. The van der Waals surface area contributed by atoms with Crippen molar-refractivity contribution in [2.45, 2.75) is 12.5 Å². The van der Waals surface area contributed by atoms with Crippen LogP contribution in [0.15, 0.2) is 35.3 Å². The molecule has 0 aromatic heterocycles. The summed E-state index contributed by atoms with van der Waals surface area (Å²) in [6, 6.07) is 9.39. The van der Waals surface area contributed by atoms with Gasteiger partial charge in [0.25, 0.3) is 0 Å². The van der Waals surface area contributed by atoms with Crippen LogP contribution in [0.4, 0.5) is 0 Å². The van der Waals surface area contributed by atoms with Gasteiger partial charge in [-0.05, 0) is 12.3 Å². The Morgan fingerprint density at radius 1 is 1.50 bits per heavy atom. The molecule has 1 amide bonds. The maximum absolute atomic E-state index is 11.3. The van der Waals surface area contributed by atoms with Crippen LogP contribution in [0.25, 0.3) is 0 Å². The smallest absolute Gasteiger partial charge is 0.244 e. The molecular formula is C11H14N2O. The molecule has 1 N–H and O–H groups in total. The van der Waals surface area contributed by atoms with E-state index in [0.717, 1.165) is 5.56 Å². The van der Waals surface area contributed by atoms with E-state index in [1.54, 1.807) is 7.05 Å². The van der Waals surface area contributed by atoms with Gasteiger partial charge < -0.3 is 5.32 Å². The van der Waals surface area contributed by atoms with Gasteiger partial charge >= 0.3 is 0 Å². The third-order valence-corrected chi connectivity index (χ3v) is 2.04. The summed E-state index contributed by atoms with van der Waals surface area (Å²) in [6.07, 6.45) is 0.601. The molecular weight excluding hydrogens is 176 g/mol. The number of likely N-dealkylation sites (N-methyl/N-ethyl adjacent to an activating group) is 1. The minimum absolute atomic E-state index is 0.0937. The zero-order valence-corrected chi connectivity index (χ0v) is 8.23. The SMILES string of the molecule is C=N[C@@H](Cc1ccccc1)C(=O)NC. The molecule has 1 aromatic rings. The predicted molar refractivity (Wildman–Crippen MR) is 57.5 cm³/mol. The lowest BCUT2D eigenvalue weighted by Gasteiger charge is -2.09. The maximum Gasteiger partial charge on any atom is 0.244 e. The predicted octanol–water partition coefficient (Wildman–Crippen LogP) is 1.04. The number of benzene rings is 1. The zero-order valence-electron chi connectivity index (χ0n) is 8.23. The van der Waals surface area contributed by atoms with Crippen LogP contribution in [0.3, 0.4) is 0 Å². The largest absolute Gasteiger partial charge is 0.357 e. The molecule has 0 fully saturated rings. The number of aliphatic imine (C=N–C) groups is 1. The molecule has 1 aromatic carbocycles. The number of rotatable bonds is 4. The fraction of sp³-hybridized carbons (Fsp3) is 0.273. The highest BCUT2D eigenvalue weighted by atomic mass is 16.2. The Morgan fingerprint density at radius 3 is 2.64 bits per heavy atom. The Hall–Kier alpha value is -1.64. The summed E-state index contributed by atoms with van der Waals surface area (Å²) < 4.78 is 0. The molecule has 74 valence electrons. The molecule has 0 radical (unpaired) electrons. The van der Waals surface area contributed by atoms with Gasteiger partial charge in [-0.3, -0.25) is 9.79 Å². The van der Waals surface area contributed by atoms with Crippen LogP contribution >= 0.6 is 0 Å². The van der Waals surface area contributed by atoms with E-state index in [9.17, 15) is 4.79 Å². The summed E-state index contributed by atoms with van der Waals surface area (Å²) in [5.74, 6) is -0.0937. The minimum Gasteiger partial charge on any atom is -0.357 e. The van der Waals surface area contributed by atoms with E-state index >= 15 is 0 Å². The molecule has 0 unspecified atom stereocenters. The fourth-order valence-electron chi connectivity index (χ4n) is 1.24. The van der Waals surface area contributed by atoms with Gasteiger partial charge in [0, 0.05) is 13.5 Å². The number of hydrogen-bond acceptors (Lipinski definition) is 2. The fourth-order valence-corrected chi connectivity index (χ4v) is 1.24. The van der Waals surface area contributed by atoms with Crippen molar-refractivity contribution in [3.63, 3.8) is 0 Å². The number of hydrogen-bond donors (Lipinski definition) is 1. The van der Waals surface area contributed by atoms with Crippen LogP contribution in [-0.2, 0) is 11.2 Å². The normalized spacial score (nSPS) is 11.8. The summed E-state index contributed by atoms with van der Waals surface area (Å²) in [4.78, 5) is 15.1. The van der Waals surface area contributed by atoms with Crippen molar-refractivity contribution in [3.05, 3.63) is 35.9 Å². The standard InChI is InChI=1S/C11H14N2O/c1-12-10(11(14)13-2)8-9-6-4-3-5-7-9/h3-7,10H,1,8H2,2H3,(H,13,14)/t10-/m0/s1. The second-order valence-electron chi connectivity index (χ2n) is 3.00. The van der Waals surface area contributed by atoms with Gasteiger partial charge in [-0.25, -0.2) is 0 Å². The average Bonchev–Trinajstić information content (AvgIpc) is 2.26. The molecule has 3 heteroatoms. The van der Waals surface area contributed by atoms with Crippen LogP contribution in [0.1, 0.15) is 5.56 Å². The highest BCUT2D eigenvalue weighted by Crippen LogP contribution is 2.05. The van der Waals surface area contributed by atoms with Crippen molar-refractivity contribution < 1.29 is 4.79 Å². The topological polar surface area (TPSA) is 41.5 Å². The van der Waals surface area contributed by atoms with Crippen molar-refractivity contribution in [2.75, 3.05) is 7.05 Å². The Labute approximate surface area is 83.9 Å². The Morgan fingerprint density at radius 2 is 2.14 bits per heavy atom. The Balaban J connectivity index is 2.66. The third-order valence-electron chi connectivity index (χ3n) is 2.04. The molecule has 0 aliphatic rings. The molecule has 0 aliphatic carbocycles. The lowest BCUT2D eigenvalue weighted by Crippen LogP contribution is -2.31. The number of nitrogens with zero attached hydrogens (tertiary/aromatic N) is 1. The van der Waals surface area contributed by atoms with Gasteiger partial charge in [-0.15, -0.1) is 0 Å². The van der Waals surface area contributed by atoms with Crippen LogP contribution in [0.5, 0.6) is 0 Å². The van der Waals surface area contributed by atoms with Crippen molar-refractivity contribution in [1.29, 1.82) is 0 Å². The zero-order chi connectivity index (χ0) is 10.4. The van der Waals surface area contributed by atoms with Gasteiger partial charge in [-0.2, -0.15) is 0 Å². The highest BCUT2D eigenvalue weighted by molar-refractivity contribution is 5.82. The van der Waals surface area contributed by atoms with E-state index in [0.29, 0.717) is 6.42 Å². The van der Waals surface area contributed by atoms with Crippen molar-refractivity contribution in [3.8, 4) is 0 Å². The molecule has 0 saturated carbocycles. The summed E-state index contributed by atoms with van der Waals surface area (Å²) in [7, 11) is 1.60. The highest BCUT2D eigenvalue weighted by Gasteiger charge is 2.14. The van der Waals surface area contributed by atoms with E-state index in [-0.39, 0.29) is 11.9 Å². The molecule has 3 nitrogen and oxygen atoms in total. The van der Waals surface area contributed by atoms with Crippen molar-refractivity contribution in [1.82, 2.24) is 5.32 Å². The first kappa shape index (κ1) is 10.4. The van der Waals surface area contributed by atoms with E-state index in [4.69, 9.17) is 0 Å². The molecule has 0 heterocycles. The summed E-state index contributed by atoms with van der Waals surface area (Å²) in [6.45, 7) is 3.42. The first-order chi connectivity index (χ1) is 6.77. The van der Waals surface area contributed by atoms with Crippen molar-refractivity contribution in [2.24, 2.45) is 4.99 Å². The van der Waals surface area contributed by atoms with Gasteiger partial charge in [0.05, 0.1) is 0 Å². The van der Waals surface area contributed by atoms with Crippen LogP contribution < -0.4 is 5.32 Å². The van der Waals surface area contributed by atoms with E-state index < -0.39 is 0 Å². The maximum atomic E-state index is 11.3. The van der Waals surface area contributed by atoms with Gasteiger partial charge in [0.1, 0.15) is 6.04 Å². The number of amides is 1. The number of carbonyl (C=O) groups excluding carboxylic acids is 1. The third kappa shape index (κ3) is 2.69. The second-order valence-corrected chi connectivity index (χ2v) is 3.00. The summed E-state index contributed by atoms with van der Waals surface area (Å²) in [5, 5.41) is 2.56. The molecule has 0 spiro atoms. The monoisotopic (exact) mass is 190 g/mol. The van der Waals surface area contributed by atoms with Crippen molar-refractivity contribution >= 4 is 12.6 Å². The number of carbonyl (C=O) groups is 1. The first-order valence-electron chi connectivity index (χ1n) is 4.49. The molecule has 1 atom stereocenters. The Bertz CT molecular complexity index is 308. The van der Waals surface area contributed by atoms with Crippen LogP contribution in [0, 0.1) is 0 Å². The quantitative estimate of drug-likeness (QED) is 0.708. The second kappa shape index (κ2) is 5.17. The molecule has 0 bridgehead atoms. The Kier molecular flexibility index (Phi) is 3.85. The lowest BCUT2D eigenvalue weighted by atomic mass is 10.1. The summed E-state index contributed by atoms with van der Waals surface area (Å²) >= 11 is 0. The molecule has 0 saturated heterocycles. The van der Waals surface area contributed by atoms with E-state index in [2.05, 4.69) is 17.0 Å².